The maximum atomic E-state index is 4.05. The minimum Gasteiger partial charge on any atom is -0.311 e. The van der Waals surface area contributed by atoms with Gasteiger partial charge in [-0.25, -0.2) is 0 Å². The van der Waals surface area contributed by atoms with Gasteiger partial charge in [0.05, 0.1) is 0 Å². The van der Waals surface area contributed by atoms with Gasteiger partial charge in [0.15, 0.2) is 0 Å². The van der Waals surface area contributed by atoms with E-state index in [2.05, 4.69) is 273 Å². The van der Waals surface area contributed by atoms with Crippen molar-refractivity contribution in [3.63, 3.8) is 0 Å². The first-order valence-corrected chi connectivity index (χ1v) is 38.1. The van der Waals surface area contributed by atoms with Gasteiger partial charge in [-0.05, 0) is 220 Å². The highest BCUT2D eigenvalue weighted by atomic mass is 15.1. The third-order valence-corrected chi connectivity index (χ3v) is 22.0. The summed E-state index contributed by atoms with van der Waals surface area (Å²) in [6.45, 7) is 24.7. The number of rotatable bonds is 35. The van der Waals surface area contributed by atoms with Gasteiger partial charge in [-0.1, -0.05) is 311 Å². The summed E-state index contributed by atoms with van der Waals surface area (Å²) < 4.78 is 0. The zero-order valence-corrected chi connectivity index (χ0v) is 60.5. The van der Waals surface area contributed by atoms with Crippen LogP contribution in [0, 0.1) is 13.8 Å². The normalized spacial score (nSPS) is 14.3. The molecule has 9 aromatic carbocycles. The van der Waals surface area contributed by atoms with Crippen LogP contribution in [0.25, 0.3) is 50.6 Å². The molecular weight excluding hydrogens is 1160 g/mol. The number of unbranched alkanes of at least 4 members (excludes halogenated alkanes) is 18. The Morgan fingerprint density at radius 2 is 0.573 bits per heavy atom. The summed E-state index contributed by atoms with van der Waals surface area (Å²) >= 11 is 0. The van der Waals surface area contributed by atoms with Gasteiger partial charge in [0.25, 0.3) is 0 Å². The zero-order valence-electron chi connectivity index (χ0n) is 60.5. The zero-order chi connectivity index (χ0) is 67.1. The van der Waals surface area contributed by atoms with Gasteiger partial charge in [0, 0.05) is 45.0 Å². The molecular formula is C94H114N2. The molecule has 0 spiro atoms. The number of nitrogens with zero attached hydrogens (tertiary/aromatic N) is 2. The number of anilines is 6. The summed E-state index contributed by atoms with van der Waals surface area (Å²) in [4.78, 5) is 4.82. The molecule has 0 saturated carbocycles. The van der Waals surface area contributed by atoms with Gasteiger partial charge < -0.3 is 9.80 Å². The molecule has 2 heteroatoms. The molecule has 0 bridgehead atoms. The van der Waals surface area contributed by atoms with Crippen molar-refractivity contribution in [1.82, 2.24) is 0 Å². The fourth-order valence-corrected chi connectivity index (χ4v) is 16.4. The van der Waals surface area contributed by atoms with Crippen LogP contribution in [0.2, 0.25) is 0 Å². The van der Waals surface area contributed by atoms with Crippen molar-refractivity contribution in [3.8, 4) is 44.5 Å². The molecule has 0 amide bonds. The smallest absolute Gasteiger partial charge is 0.0462 e. The molecule has 1 atom stereocenters. The minimum absolute atomic E-state index is 0.0813. The predicted molar refractivity (Wildman–Crippen MR) is 420 cm³/mol. The lowest BCUT2D eigenvalue weighted by atomic mass is 9.68. The minimum atomic E-state index is -0.0831. The Labute approximate surface area is 581 Å². The summed E-state index contributed by atoms with van der Waals surface area (Å²) in [7, 11) is 0. The molecule has 0 radical (unpaired) electrons. The maximum absolute atomic E-state index is 4.05. The summed E-state index contributed by atoms with van der Waals surface area (Å²) in [6, 6.07) is 76.2. The maximum Gasteiger partial charge on any atom is 0.0462 e. The van der Waals surface area contributed by atoms with Crippen LogP contribution in [-0.4, -0.2) is 0 Å². The molecule has 2 aliphatic rings. The van der Waals surface area contributed by atoms with Crippen LogP contribution in [0.15, 0.2) is 201 Å². The summed E-state index contributed by atoms with van der Waals surface area (Å²) in [5.74, 6) is 0. The van der Waals surface area contributed by atoms with Gasteiger partial charge >= 0.3 is 0 Å². The first kappa shape index (κ1) is 69.7. The van der Waals surface area contributed by atoms with Crippen LogP contribution in [0.3, 0.4) is 0 Å². The van der Waals surface area contributed by atoms with Gasteiger partial charge in [-0.3, -0.25) is 0 Å². The third kappa shape index (κ3) is 15.7. The topological polar surface area (TPSA) is 6.48 Å². The first-order valence-electron chi connectivity index (χ1n) is 38.1. The average Bonchev–Trinajstić information content (AvgIpc) is 1.53. The van der Waals surface area contributed by atoms with Crippen molar-refractivity contribution < 1.29 is 0 Å². The van der Waals surface area contributed by atoms with E-state index in [-0.39, 0.29) is 16.2 Å². The van der Waals surface area contributed by atoms with Crippen LogP contribution < -0.4 is 9.80 Å². The highest BCUT2D eigenvalue weighted by Crippen LogP contribution is 2.62. The van der Waals surface area contributed by atoms with E-state index in [0.717, 1.165) is 22.6 Å². The lowest BCUT2D eigenvalue weighted by Gasteiger charge is -2.35. The molecule has 2 aliphatic carbocycles. The van der Waals surface area contributed by atoms with E-state index in [4.69, 9.17) is 0 Å². The van der Waals surface area contributed by atoms with Gasteiger partial charge in [-0.15, -0.1) is 0 Å². The van der Waals surface area contributed by atoms with Crippen LogP contribution in [-0.2, 0) is 16.2 Å². The van der Waals surface area contributed by atoms with E-state index in [1.54, 1.807) is 22.3 Å². The van der Waals surface area contributed by atoms with Crippen molar-refractivity contribution in [2.45, 2.75) is 245 Å². The molecule has 500 valence electrons. The molecule has 0 saturated heterocycles. The number of hydrogen-bond donors (Lipinski definition) is 0. The largest absolute Gasteiger partial charge is 0.311 e. The molecule has 0 fully saturated rings. The Kier molecular flexibility index (Phi) is 23.6. The highest BCUT2D eigenvalue weighted by molar-refractivity contribution is 5.92. The summed E-state index contributed by atoms with van der Waals surface area (Å²) in [5, 5.41) is 0. The quantitative estimate of drug-likeness (QED) is 0.0365. The molecule has 2 nitrogen and oxygen atoms in total. The van der Waals surface area contributed by atoms with Gasteiger partial charge in [-0.2, -0.15) is 0 Å². The number of hydrogen-bond acceptors (Lipinski definition) is 2. The molecule has 0 aromatic heterocycles. The van der Waals surface area contributed by atoms with Crippen molar-refractivity contribution in [1.29, 1.82) is 0 Å². The van der Waals surface area contributed by atoms with Crippen molar-refractivity contribution in [2.75, 3.05) is 9.80 Å². The SMILES string of the molecule is C=Cc1ccc(N(c2ccc(C)cc2)c2ccc(-c3ccc4c(c3)C(CCCCCC)(CCCCCCCC)c3cc5c(cc3-4)C(CCCCCCCC)(CCCCCCCC)c3cc(-c4ccc(N(c6ccc(C)cc6)c6ccc(C(C)(C)C)cc6)cc4)ccc3-5)cc2)cc1. The molecule has 0 heterocycles. The van der Waals surface area contributed by atoms with Crippen molar-refractivity contribution in [3.05, 3.63) is 245 Å². The van der Waals surface area contributed by atoms with Crippen LogP contribution >= 0.6 is 0 Å². The van der Waals surface area contributed by atoms with Crippen LogP contribution in [0.5, 0.6) is 0 Å². The molecule has 9 aromatic rings. The van der Waals surface area contributed by atoms with E-state index >= 15 is 0 Å². The van der Waals surface area contributed by atoms with Crippen LogP contribution in [0.1, 0.15) is 260 Å². The Morgan fingerprint density at radius 1 is 0.302 bits per heavy atom. The predicted octanol–water partition coefficient (Wildman–Crippen LogP) is 29.3. The molecule has 0 aliphatic heterocycles. The van der Waals surface area contributed by atoms with E-state index in [1.807, 2.05) is 6.08 Å². The second-order valence-electron chi connectivity index (χ2n) is 30.0. The highest BCUT2D eigenvalue weighted by Gasteiger charge is 2.48. The van der Waals surface area contributed by atoms with E-state index in [0.29, 0.717) is 0 Å². The molecule has 11 rings (SSSR count). The molecule has 0 N–H and O–H groups in total. The first-order chi connectivity index (χ1) is 46.8. The number of aryl methyl sites for hydroxylation is 2. The second-order valence-corrected chi connectivity index (χ2v) is 30.0. The average molecular weight is 1270 g/mol. The lowest BCUT2D eigenvalue weighted by molar-refractivity contribution is 0.395. The fourth-order valence-electron chi connectivity index (χ4n) is 16.4. The number of fused-ring (bicyclic) bond motifs is 6. The molecule has 1 unspecified atom stereocenters. The van der Waals surface area contributed by atoms with E-state index in [9.17, 15) is 0 Å². The Hall–Kier alpha value is -7.68. The monoisotopic (exact) mass is 1270 g/mol. The Morgan fingerprint density at radius 3 is 0.896 bits per heavy atom. The van der Waals surface area contributed by atoms with Gasteiger partial charge in [0.1, 0.15) is 0 Å². The van der Waals surface area contributed by atoms with E-state index in [1.165, 1.54) is 245 Å². The third-order valence-electron chi connectivity index (χ3n) is 22.0. The Balaban J connectivity index is 1.04. The Bertz CT molecular complexity index is 3910. The fraction of sp³-hybridized carbons (Fsp3) is 0.404. The van der Waals surface area contributed by atoms with E-state index < -0.39 is 0 Å². The van der Waals surface area contributed by atoms with Crippen molar-refractivity contribution in [2.24, 2.45) is 0 Å². The molecule has 96 heavy (non-hydrogen) atoms. The number of benzene rings is 9. The van der Waals surface area contributed by atoms with Gasteiger partial charge in [0.2, 0.25) is 0 Å². The summed E-state index contributed by atoms with van der Waals surface area (Å²) in [6.07, 6.45) is 35.2. The summed E-state index contributed by atoms with van der Waals surface area (Å²) in [5.41, 5.74) is 29.5. The second kappa shape index (κ2) is 32.6. The van der Waals surface area contributed by atoms with Crippen LogP contribution in [0.4, 0.5) is 34.1 Å². The lowest BCUT2D eigenvalue weighted by Crippen LogP contribution is -2.27. The van der Waals surface area contributed by atoms with Crippen molar-refractivity contribution >= 4 is 40.2 Å². The standard InChI is InChI=1S/C94H114N2/c1-11-16-20-24-27-31-63-93(62-30-23-19-14-4)88-66-75(73-40-54-81(55-41-73)95(78-48-34-70(6)35-49-78)80-52-38-72(15-5)39-53-80)44-60-84(88)86-69-91-87(68-90(86)93)85-61-45-76(67-89(85)94(91,64-32-28-25-21-17-12-2)65-33-29-26-22-18-13-3)74-42-56-82(57-43-74)96(79-50-36-71(7)37-51-79)83-58-46-77(47-59-83)92(8,9)10/h15,34-61,66-69H,5,11-14,16-33,62-65H2,1-4,6-10H3.